The van der Waals surface area contributed by atoms with Crippen molar-refractivity contribution >= 4 is 15.9 Å². The van der Waals surface area contributed by atoms with Crippen LogP contribution in [-0.4, -0.2) is 20.9 Å². The molecule has 0 aromatic carbocycles. The van der Waals surface area contributed by atoms with Gasteiger partial charge in [-0.05, 0) is 22.4 Å². The van der Waals surface area contributed by atoms with Gasteiger partial charge in [0.15, 0.2) is 4.73 Å². The number of aromatic nitrogens is 3. The number of halogens is 2. The smallest absolute Gasteiger partial charge is 0.200 e. The summed E-state index contributed by atoms with van der Waals surface area (Å²) in [7, 11) is 0. The van der Waals surface area contributed by atoms with Crippen molar-refractivity contribution in [3.8, 4) is 0 Å². The fourth-order valence-corrected chi connectivity index (χ4v) is 1.68. The van der Waals surface area contributed by atoms with E-state index in [1.165, 1.54) is 0 Å². The second-order valence-electron chi connectivity index (χ2n) is 2.63. The summed E-state index contributed by atoms with van der Waals surface area (Å²) in [5.74, 6) is 0.880. The van der Waals surface area contributed by atoms with Crippen molar-refractivity contribution < 1.29 is 4.39 Å². The summed E-state index contributed by atoms with van der Waals surface area (Å²) in [6, 6.07) is 0. The summed E-state index contributed by atoms with van der Waals surface area (Å²) in [5, 5.41) is 7.69. The Bertz CT molecular complexity index is 273. The Morgan fingerprint density at radius 3 is 3.18 bits per heavy atom. The van der Waals surface area contributed by atoms with Gasteiger partial charge in [-0.3, -0.25) is 0 Å². The zero-order chi connectivity index (χ0) is 7.84. The van der Waals surface area contributed by atoms with Gasteiger partial charge in [-0.2, -0.15) is 0 Å². The van der Waals surface area contributed by atoms with Crippen LogP contribution in [0.15, 0.2) is 4.73 Å². The molecule has 0 saturated heterocycles. The van der Waals surface area contributed by atoms with E-state index in [9.17, 15) is 4.39 Å². The maximum absolute atomic E-state index is 12.8. The molecule has 5 heteroatoms. The summed E-state index contributed by atoms with van der Waals surface area (Å²) in [6.07, 6.45) is 0.528. The van der Waals surface area contributed by atoms with E-state index in [4.69, 9.17) is 0 Å². The molecule has 60 valence electrons. The minimum Gasteiger partial charge on any atom is -0.303 e. The van der Waals surface area contributed by atoms with Crippen LogP contribution in [0, 0.1) is 0 Å². The lowest BCUT2D eigenvalue weighted by Gasteiger charge is -2.16. The lowest BCUT2D eigenvalue weighted by atomic mass is 10.1. The van der Waals surface area contributed by atoms with Gasteiger partial charge in [0, 0.05) is 6.42 Å². The van der Waals surface area contributed by atoms with Crippen LogP contribution in [0.5, 0.6) is 0 Å². The topological polar surface area (TPSA) is 30.7 Å². The molecule has 1 aromatic heterocycles. The molecule has 0 N–H and O–H groups in total. The number of nitrogens with zero attached hydrogens (tertiary/aromatic N) is 3. The van der Waals surface area contributed by atoms with Gasteiger partial charge in [-0.25, -0.2) is 4.39 Å². The third kappa shape index (κ3) is 1.17. The number of aryl methyl sites for hydroxylation is 1. The Kier molecular flexibility index (Phi) is 1.67. The third-order valence-corrected chi connectivity index (χ3v) is 2.43. The monoisotopic (exact) mass is 219 g/mol. The Labute approximate surface area is 71.7 Å². The normalized spacial score (nSPS) is 23.3. The van der Waals surface area contributed by atoms with E-state index in [0.717, 1.165) is 5.82 Å². The van der Waals surface area contributed by atoms with E-state index in [1.807, 2.05) is 0 Å². The van der Waals surface area contributed by atoms with Gasteiger partial charge < -0.3 is 4.57 Å². The zero-order valence-corrected chi connectivity index (χ0v) is 7.38. The maximum atomic E-state index is 12.8. The molecule has 2 rings (SSSR count). The molecule has 0 fully saturated rings. The van der Waals surface area contributed by atoms with Gasteiger partial charge in [0.05, 0.1) is 6.54 Å². The van der Waals surface area contributed by atoms with E-state index in [1.54, 1.807) is 4.57 Å². The quantitative estimate of drug-likeness (QED) is 0.660. The number of alkyl halides is 1. The second kappa shape index (κ2) is 2.55. The van der Waals surface area contributed by atoms with Crippen LogP contribution in [0.2, 0.25) is 0 Å². The molecule has 1 atom stereocenters. The number of hydrogen-bond donors (Lipinski definition) is 0. The summed E-state index contributed by atoms with van der Waals surface area (Å²) >= 11 is 3.20. The Balaban J connectivity index is 2.37. The Morgan fingerprint density at radius 2 is 2.36 bits per heavy atom. The van der Waals surface area contributed by atoms with Crippen LogP contribution >= 0.6 is 15.9 Å². The van der Waals surface area contributed by atoms with Gasteiger partial charge in [0.1, 0.15) is 12.0 Å². The van der Waals surface area contributed by atoms with Crippen LogP contribution < -0.4 is 0 Å². The molecule has 0 aliphatic carbocycles. The highest BCUT2D eigenvalue weighted by Crippen LogP contribution is 2.19. The summed E-state index contributed by atoms with van der Waals surface area (Å²) in [6.45, 7) is 0.392. The lowest BCUT2D eigenvalue weighted by molar-refractivity contribution is 0.251. The highest BCUT2D eigenvalue weighted by molar-refractivity contribution is 9.10. The molecule has 1 aliphatic rings. The van der Waals surface area contributed by atoms with Crippen LogP contribution in [0.1, 0.15) is 12.2 Å². The first-order valence-corrected chi connectivity index (χ1v) is 4.28. The molecule has 11 heavy (non-hydrogen) atoms. The van der Waals surface area contributed by atoms with Crippen LogP contribution in [0.4, 0.5) is 4.39 Å². The van der Waals surface area contributed by atoms with Gasteiger partial charge in [0.2, 0.25) is 0 Å². The molecule has 1 aliphatic heterocycles. The largest absolute Gasteiger partial charge is 0.303 e. The van der Waals surface area contributed by atoms with Gasteiger partial charge in [0.25, 0.3) is 0 Å². The summed E-state index contributed by atoms with van der Waals surface area (Å²) < 4.78 is 15.2. The average molecular weight is 220 g/mol. The van der Waals surface area contributed by atoms with E-state index in [0.29, 0.717) is 24.1 Å². The third-order valence-electron chi connectivity index (χ3n) is 1.84. The van der Waals surface area contributed by atoms with Crippen molar-refractivity contribution in [2.45, 2.75) is 25.6 Å². The molecule has 0 amide bonds. The molecule has 1 unspecified atom stereocenters. The van der Waals surface area contributed by atoms with E-state index in [2.05, 4.69) is 26.1 Å². The standard InChI is InChI=1S/C6H7BrFN3/c7-6-10-9-5-2-1-4(8)3-11(5)6/h4H,1-3H2. The van der Waals surface area contributed by atoms with Gasteiger partial charge >= 0.3 is 0 Å². The zero-order valence-electron chi connectivity index (χ0n) is 5.80. The fraction of sp³-hybridized carbons (Fsp3) is 0.667. The van der Waals surface area contributed by atoms with Crippen molar-refractivity contribution in [1.82, 2.24) is 14.8 Å². The molecule has 0 spiro atoms. The number of hydrogen-bond acceptors (Lipinski definition) is 2. The van der Waals surface area contributed by atoms with Crippen molar-refractivity contribution in [2.75, 3.05) is 0 Å². The van der Waals surface area contributed by atoms with Crippen molar-refractivity contribution in [2.24, 2.45) is 0 Å². The first-order chi connectivity index (χ1) is 5.27. The molecular formula is C6H7BrFN3. The highest BCUT2D eigenvalue weighted by atomic mass is 79.9. The minimum absolute atomic E-state index is 0.392. The van der Waals surface area contributed by atoms with Crippen molar-refractivity contribution in [1.29, 1.82) is 0 Å². The predicted octanol–water partition coefficient (Wildman–Crippen LogP) is 1.32. The average Bonchev–Trinajstić information content (AvgIpc) is 2.33. The summed E-state index contributed by atoms with van der Waals surface area (Å²) in [4.78, 5) is 0. The molecule has 1 aromatic rings. The number of fused-ring (bicyclic) bond motifs is 1. The Hall–Kier alpha value is -0.450. The SMILES string of the molecule is FC1CCc2nnc(Br)n2C1. The van der Waals surface area contributed by atoms with Crippen LogP contribution in [-0.2, 0) is 13.0 Å². The van der Waals surface area contributed by atoms with E-state index < -0.39 is 6.17 Å². The van der Waals surface area contributed by atoms with E-state index >= 15 is 0 Å². The molecular weight excluding hydrogens is 213 g/mol. The van der Waals surface area contributed by atoms with E-state index in [-0.39, 0.29) is 0 Å². The molecule has 3 nitrogen and oxygen atoms in total. The summed E-state index contributed by atoms with van der Waals surface area (Å²) in [5.41, 5.74) is 0. The molecule has 0 saturated carbocycles. The molecule has 0 bridgehead atoms. The minimum atomic E-state index is -0.741. The van der Waals surface area contributed by atoms with Crippen LogP contribution in [0.25, 0.3) is 0 Å². The molecule has 0 radical (unpaired) electrons. The lowest BCUT2D eigenvalue weighted by Crippen LogP contribution is -2.21. The van der Waals surface area contributed by atoms with Crippen molar-refractivity contribution in [3.63, 3.8) is 0 Å². The second-order valence-corrected chi connectivity index (χ2v) is 3.34. The predicted molar refractivity (Wildman–Crippen MR) is 40.9 cm³/mol. The first kappa shape index (κ1) is 7.21. The fourth-order valence-electron chi connectivity index (χ4n) is 1.25. The first-order valence-electron chi connectivity index (χ1n) is 3.49. The highest BCUT2D eigenvalue weighted by Gasteiger charge is 2.20. The van der Waals surface area contributed by atoms with Gasteiger partial charge in [-0.15, -0.1) is 10.2 Å². The van der Waals surface area contributed by atoms with Gasteiger partial charge in [-0.1, -0.05) is 0 Å². The Morgan fingerprint density at radius 1 is 1.55 bits per heavy atom. The number of rotatable bonds is 0. The van der Waals surface area contributed by atoms with Crippen molar-refractivity contribution in [3.05, 3.63) is 10.6 Å². The maximum Gasteiger partial charge on any atom is 0.200 e. The van der Waals surface area contributed by atoms with Crippen LogP contribution in [0.3, 0.4) is 0 Å². The molecule has 2 heterocycles.